The van der Waals surface area contributed by atoms with Gasteiger partial charge < -0.3 is 0 Å². The molecule has 2 N–H and O–H groups in total. The number of carbonyl (C=O) groups is 4. The van der Waals surface area contributed by atoms with Crippen molar-refractivity contribution in [1.82, 2.24) is 10.6 Å². The molecule has 1 heterocycles. The third-order valence-electron chi connectivity index (χ3n) is 4.31. The molecule has 1 unspecified atom stereocenters. The molecule has 0 radical (unpaired) electrons. The number of Topliss-reactive ketones (excluding diaryl/α,β-unsaturated/α-hetero) is 1. The number of hydrogen-bond donors (Lipinski definition) is 2. The predicted molar refractivity (Wildman–Crippen MR) is 102 cm³/mol. The first-order valence-corrected chi connectivity index (χ1v) is 9.22. The minimum absolute atomic E-state index is 0.0804. The third kappa shape index (κ3) is 4.43. The van der Waals surface area contributed by atoms with E-state index in [2.05, 4.69) is 26.6 Å². The van der Waals surface area contributed by atoms with Crippen molar-refractivity contribution in [2.45, 2.75) is 12.3 Å². The van der Waals surface area contributed by atoms with Crippen LogP contribution in [-0.4, -0.2) is 23.6 Å². The summed E-state index contributed by atoms with van der Waals surface area (Å²) in [4.78, 5) is 48.8. The average molecular weight is 450 g/mol. The van der Waals surface area contributed by atoms with Gasteiger partial charge in [0, 0.05) is 27.4 Å². The van der Waals surface area contributed by atoms with Crippen molar-refractivity contribution in [2.24, 2.45) is 5.92 Å². The Kier molecular flexibility index (Phi) is 5.72. The van der Waals surface area contributed by atoms with E-state index in [0.717, 1.165) is 4.47 Å². The summed E-state index contributed by atoms with van der Waals surface area (Å²) in [7, 11) is 0. The molecular formula is C19H14BrClN2O4. The first kappa shape index (κ1) is 19.3. The molecule has 1 saturated heterocycles. The highest BCUT2D eigenvalue weighted by molar-refractivity contribution is 9.10. The van der Waals surface area contributed by atoms with Crippen LogP contribution < -0.4 is 10.6 Å². The standard InChI is InChI=1S/C19H14BrClN2O4/c20-12-5-1-10(2-6-12)14(16-17(25)22-19(27)23-18(16)26)9-15(24)11-3-7-13(21)8-4-11/h1-8,14,16H,9H2,(H2,22,23,25,26,27). The van der Waals surface area contributed by atoms with Gasteiger partial charge in [0.05, 0.1) is 0 Å². The van der Waals surface area contributed by atoms with Crippen molar-refractivity contribution in [2.75, 3.05) is 0 Å². The Hall–Kier alpha value is -2.51. The molecule has 0 aromatic heterocycles. The van der Waals surface area contributed by atoms with Crippen LogP contribution in [0.1, 0.15) is 28.3 Å². The second kappa shape index (κ2) is 8.02. The van der Waals surface area contributed by atoms with E-state index in [0.29, 0.717) is 16.1 Å². The van der Waals surface area contributed by atoms with E-state index in [4.69, 9.17) is 11.6 Å². The first-order chi connectivity index (χ1) is 12.8. The van der Waals surface area contributed by atoms with Crippen LogP contribution in [0.15, 0.2) is 53.0 Å². The predicted octanol–water partition coefficient (Wildman–Crippen LogP) is 3.44. The van der Waals surface area contributed by atoms with Gasteiger partial charge in [0.15, 0.2) is 5.78 Å². The minimum Gasteiger partial charge on any atom is -0.294 e. The van der Waals surface area contributed by atoms with E-state index >= 15 is 0 Å². The lowest BCUT2D eigenvalue weighted by molar-refractivity contribution is -0.136. The molecule has 0 bridgehead atoms. The fraction of sp³-hybridized carbons (Fsp3) is 0.158. The normalized spacial score (nSPS) is 15.9. The van der Waals surface area contributed by atoms with Gasteiger partial charge in [0.1, 0.15) is 5.92 Å². The smallest absolute Gasteiger partial charge is 0.294 e. The number of imide groups is 2. The molecule has 0 saturated carbocycles. The van der Waals surface area contributed by atoms with Crippen molar-refractivity contribution in [3.8, 4) is 0 Å². The van der Waals surface area contributed by atoms with Crippen LogP contribution in [0.25, 0.3) is 0 Å². The van der Waals surface area contributed by atoms with Gasteiger partial charge in [0.25, 0.3) is 0 Å². The van der Waals surface area contributed by atoms with Crippen LogP contribution in [0.3, 0.4) is 0 Å². The van der Waals surface area contributed by atoms with E-state index in [1.165, 1.54) is 0 Å². The van der Waals surface area contributed by atoms with Crippen LogP contribution in [0.2, 0.25) is 5.02 Å². The zero-order valence-corrected chi connectivity index (χ0v) is 16.2. The summed E-state index contributed by atoms with van der Waals surface area (Å²) >= 11 is 9.19. The Bertz CT molecular complexity index is 892. The van der Waals surface area contributed by atoms with Gasteiger partial charge >= 0.3 is 6.03 Å². The molecular weight excluding hydrogens is 436 g/mol. The topological polar surface area (TPSA) is 92.3 Å². The number of ketones is 1. The second-order valence-electron chi connectivity index (χ2n) is 6.08. The summed E-state index contributed by atoms with van der Waals surface area (Å²) in [6.45, 7) is 0. The lowest BCUT2D eigenvalue weighted by Gasteiger charge is -2.28. The lowest BCUT2D eigenvalue weighted by Crippen LogP contribution is -2.57. The van der Waals surface area contributed by atoms with E-state index < -0.39 is 29.7 Å². The molecule has 2 aromatic carbocycles. The summed E-state index contributed by atoms with van der Waals surface area (Å²) in [5.74, 6) is -3.60. The van der Waals surface area contributed by atoms with Gasteiger partial charge in [-0.25, -0.2) is 4.79 Å². The lowest BCUT2D eigenvalue weighted by atomic mass is 9.79. The highest BCUT2D eigenvalue weighted by atomic mass is 79.9. The monoisotopic (exact) mass is 448 g/mol. The zero-order valence-electron chi connectivity index (χ0n) is 13.9. The maximum atomic E-state index is 12.7. The number of amides is 4. The van der Waals surface area contributed by atoms with Gasteiger partial charge in [-0.2, -0.15) is 0 Å². The van der Waals surface area contributed by atoms with Gasteiger partial charge in [-0.3, -0.25) is 25.0 Å². The molecule has 138 valence electrons. The maximum absolute atomic E-state index is 12.7. The SMILES string of the molecule is O=C1NC(=O)C(C(CC(=O)c2ccc(Cl)cc2)c2ccc(Br)cc2)C(=O)N1. The van der Waals surface area contributed by atoms with E-state index in [1.807, 2.05) is 0 Å². The van der Waals surface area contributed by atoms with Gasteiger partial charge in [0.2, 0.25) is 11.8 Å². The van der Waals surface area contributed by atoms with Gasteiger partial charge in [-0.05, 0) is 42.0 Å². The van der Waals surface area contributed by atoms with Crippen molar-refractivity contribution >= 4 is 51.2 Å². The number of nitrogens with one attached hydrogen (secondary N) is 2. The van der Waals surface area contributed by atoms with Crippen LogP contribution in [0, 0.1) is 5.92 Å². The second-order valence-corrected chi connectivity index (χ2v) is 7.43. The van der Waals surface area contributed by atoms with Crippen molar-refractivity contribution in [3.63, 3.8) is 0 Å². The third-order valence-corrected chi connectivity index (χ3v) is 5.09. The fourth-order valence-corrected chi connectivity index (χ4v) is 3.38. The molecule has 4 amide bonds. The Morgan fingerprint density at radius 1 is 0.963 bits per heavy atom. The summed E-state index contributed by atoms with van der Waals surface area (Å²) < 4.78 is 0.821. The highest BCUT2D eigenvalue weighted by Gasteiger charge is 2.41. The number of barbiturate groups is 1. The molecule has 27 heavy (non-hydrogen) atoms. The van der Waals surface area contributed by atoms with Crippen molar-refractivity contribution < 1.29 is 19.2 Å². The minimum atomic E-state index is -1.19. The molecule has 1 atom stereocenters. The molecule has 0 aliphatic carbocycles. The number of halogens is 2. The number of carbonyl (C=O) groups excluding carboxylic acids is 4. The highest BCUT2D eigenvalue weighted by Crippen LogP contribution is 2.32. The zero-order chi connectivity index (χ0) is 19.6. The molecule has 3 rings (SSSR count). The van der Waals surface area contributed by atoms with Crippen LogP contribution in [0.4, 0.5) is 4.79 Å². The van der Waals surface area contributed by atoms with Gasteiger partial charge in [-0.1, -0.05) is 39.7 Å². The summed E-state index contributed by atoms with van der Waals surface area (Å²) in [5.41, 5.74) is 1.07. The van der Waals surface area contributed by atoms with E-state index in [9.17, 15) is 19.2 Å². The first-order valence-electron chi connectivity index (χ1n) is 8.05. The van der Waals surface area contributed by atoms with Crippen LogP contribution in [0.5, 0.6) is 0 Å². The Morgan fingerprint density at radius 3 is 2.07 bits per heavy atom. The largest absolute Gasteiger partial charge is 0.328 e. The Balaban J connectivity index is 1.94. The molecule has 1 aliphatic heterocycles. The number of hydrogen-bond acceptors (Lipinski definition) is 4. The molecule has 1 aliphatic rings. The average Bonchev–Trinajstić information content (AvgIpc) is 2.61. The van der Waals surface area contributed by atoms with Gasteiger partial charge in [-0.15, -0.1) is 0 Å². The van der Waals surface area contributed by atoms with E-state index in [1.54, 1.807) is 48.5 Å². The Morgan fingerprint density at radius 2 is 1.52 bits per heavy atom. The summed E-state index contributed by atoms with van der Waals surface area (Å²) in [6.07, 6.45) is -0.0804. The number of benzene rings is 2. The van der Waals surface area contributed by atoms with E-state index in [-0.39, 0.29) is 12.2 Å². The van der Waals surface area contributed by atoms with Crippen molar-refractivity contribution in [3.05, 3.63) is 69.2 Å². The summed E-state index contributed by atoms with van der Waals surface area (Å²) in [6, 6.07) is 12.5. The van der Waals surface area contributed by atoms with Crippen LogP contribution >= 0.6 is 27.5 Å². The Labute approximate surface area is 168 Å². The molecule has 2 aromatic rings. The van der Waals surface area contributed by atoms with Crippen LogP contribution in [-0.2, 0) is 9.59 Å². The molecule has 1 fully saturated rings. The maximum Gasteiger partial charge on any atom is 0.328 e. The number of rotatable bonds is 5. The quantitative estimate of drug-likeness (QED) is 0.540. The molecule has 8 heteroatoms. The summed E-state index contributed by atoms with van der Waals surface area (Å²) in [5, 5.41) is 4.69. The number of urea groups is 1. The molecule has 6 nitrogen and oxygen atoms in total. The fourth-order valence-electron chi connectivity index (χ4n) is 2.99. The molecule has 0 spiro atoms. The van der Waals surface area contributed by atoms with Crippen molar-refractivity contribution in [1.29, 1.82) is 0 Å².